The average molecular weight is 414 g/mol. The first-order valence-electron chi connectivity index (χ1n) is 9.75. The van der Waals surface area contributed by atoms with E-state index in [1.54, 1.807) is 10.1 Å². The van der Waals surface area contributed by atoms with E-state index in [4.69, 9.17) is 5.73 Å². The molecule has 2 aromatic heterocycles. The Morgan fingerprint density at radius 3 is 2.69 bits per heavy atom. The van der Waals surface area contributed by atoms with E-state index >= 15 is 0 Å². The van der Waals surface area contributed by atoms with Crippen LogP contribution in [0.2, 0.25) is 0 Å². The topological polar surface area (TPSA) is 120 Å². The van der Waals surface area contributed by atoms with Gasteiger partial charge in [0, 0.05) is 12.4 Å². The molecule has 0 aliphatic carbocycles. The van der Waals surface area contributed by atoms with Crippen molar-refractivity contribution in [2.45, 2.75) is 38.6 Å². The van der Waals surface area contributed by atoms with Gasteiger partial charge in [0.25, 0.3) is 0 Å². The summed E-state index contributed by atoms with van der Waals surface area (Å²) in [4.78, 5) is 7.10. The summed E-state index contributed by atoms with van der Waals surface area (Å²) in [5.41, 5.74) is 8.59. The van der Waals surface area contributed by atoms with Crippen molar-refractivity contribution in [3.8, 4) is 0 Å². The second-order valence-electron chi connectivity index (χ2n) is 6.72. The highest BCUT2D eigenvalue weighted by Crippen LogP contribution is 2.08. The van der Waals surface area contributed by atoms with Crippen LogP contribution in [-0.4, -0.2) is 36.1 Å². The molecular formula is C20H27N7OS. The molecule has 0 bridgehead atoms. The normalized spacial score (nSPS) is 12.6. The van der Waals surface area contributed by atoms with Crippen molar-refractivity contribution in [3.05, 3.63) is 65.1 Å². The number of benzene rings is 1. The number of hydrogen-bond donors (Lipinski definition) is 3. The Balaban J connectivity index is 1.28. The van der Waals surface area contributed by atoms with Crippen molar-refractivity contribution in [3.63, 3.8) is 0 Å². The van der Waals surface area contributed by atoms with E-state index in [2.05, 4.69) is 25.0 Å². The molecule has 0 radical (unpaired) electrons. The maximum absolute atomic E-state index is 12.0. The lowest BCUT2D eigenvalue weighted by Gasteiger charge is -2.06. The zero-order valence-electron chi connectivity index (χ0n) is 16.3. The molecule has 0 amide bonds. The second kappa shape index (κ2) is 11.4. The highest BCUT2D eigenvalue weighted by molar-refractivity contribution is 7.92. The van der Waals surface area contributed by atoms with Crippen molar-refractivity contribution in [1.82, 2.24) is 29.7 Å². The molecule has 3 rings (SSSR count). The summed E-state index contributed by atoms with van der Waals surface area (Å²) in [7, 11) is 0. The highest BCUT2D eigenvalue weighted by atomic mass is 32.2. The van der Waals surface area contributed by atoms with E-state index in [0.717, 1.165) is 49.1 Å². The molecule has 0 fully saturated rings. The fourth-order valence-electron chi connectivity index (χ4n) is 2.87. The van der Waals surface area contributed by atoms with Gasteiger partial charge in [-0.3, -0.25) is 4.68 Å². The summed E-state index contributed by atoms with van der Waals surface area (Å²) < 4.78 is 16.7. The third kappa shape index (κ3) is 7.72. The number of nitrogens with two attached hydrogens (primary N) is 1. The number of unbranched alkanes of at least 4 members (excludes halogenated alkanes) is 2. The molecule has 0 spiro atoms. The van der Waals surface area contributed by atoms with Crippen molar-refractivity contribution >= 4 is 23.4 Å². The quantitative estimate of drug-likeness (QED) is 0.310. The lowest BCUT2D eigenvalue weighted by molar-refractivity contribution is 0.558. The molecule has 0 aliphatic heterocycles. The number of nitrogen functional groups attached to an aromatic ring is 1. The van der Waals surface area contributed by atoms with Crippen molar-refractivity contribution < 1.29 is 4.55 Å². The van der Waals surface area contributed by atoms with Crippen molar-refractivity contribution in [2.24, 2.45) is 0 Å². The summed E-state index contributed by atoms with van der Waals surface area (Å²) in [6.07, 6.45) is 10.7. The average Bonchev–Trinajstić information content (AvgIpc) is 3.36. The van der Waals surface area contributed by atoms with Gasteiger partial charge in [0.15, 0.2) is 5.95 Å². The minimum Gasteiger partial charge on any atom is -0.593 e. The Morgan fingerprint density at radius 2 is 1.93 bits per heavy atom. The Hall–Kier alpha value is -2.62. The van der Waals surface area contributed by atoms with Gasteiger partial charge in [-0.1, -0.05) is 42.0 Å². The zero-order chi connectivity index (χ0) is 20.3. The summed E-state index contributed by atoms with van der Waals surface area (Å²) in [5.74, 6) is 0.474. The molecule has 154 valence electrons. The van der Waals surface area contributed by atoms with E-state index in [1.807, 2.05) is 48.8 Å². The SMILES string of the molecule is Nc1nc(CCCCCc2cn(CCN[S+]([O-])/C=C/c3ccccc3)nn2)c[nH]1. The van der Waals surface area contributed by atoms with E-state index in [0.29, 0.717) is 19.0 Å². The lowest BCUT2D eigenvalue weighted by Crippen LogP contribution is -2.25. The van der Waals surface area contributed by atoms with Crippen LogP contribution in [0.4, 0.5) is 5.95 Å². The standard InChI is InChI=1S/C20H27N7OS/c21-20-22-15-18(24-20)9-5-2-6-10-19-16-27(26-25-19)13-12-23-29(28)14-11-17-7-3-1-4-8-17/h1,3-4,7-8,11,14-16,23H,2,5-6,9-10,12-13H2,(H3,21,22,24)/b14-11+. The lowest BCUT2D eigenvalue weighted by atomic mass is 10.1. The van der Waals surface area contributed by atoms with Crippen LogP contribution in [0.3, 0.4) is 0 Å². The first kappa shape index (κ1) is 21.1. The Kier molecular flexibility index (Phi) is 8.29. The molecule has 8 nitrogen and oxygen atoms in total. The number of imidazole rings is 1. The summed E-state index contributed by atoms with van der Waals surface area (Å²) in [5, 5.41) is 10.0. The van der Waals surface area contributed by atoms with Crippen molar-refractivity contribution in [1.29, 1.82) is 0 Å². The van der Waals surface area contributed by atoms with Gasteiger partial charge >= 0.3 is 0 Å². The van der Waals surface area contributed by atoms with Crippen molar-refractivity contribution in [2.75, 3.05) is 12.3 Å². The molecule has 4 N–H and O–H groups in total. The van der Waals surface area contributed by atoms with Gasteiger partial charge in [0.1, 0.15) is 5.41 Å². The molecule has 0 aliphatic rings. The molecule has 1 atom stereocenters. The number of aromatic nitrogens is 5. The van der Waals surface area contributed by atoms with Crippen LogP contribution in [0.15, 0.2) is 48.1 Å². The van der Waals surface area contributed by atoms with Gasteiger partial charge < -0.3 is 15.3 Å². The van der Waals surface area contributed by atoms with Crippen LogP contribution in [-0.2, 0) is 30.7 Å². The molecule has 1 aromatic carbocycles. The van der Waals surface area contributed by atoms with Crippen LogP contribution >= 0.6 is 0 Å². The first-order valence-corrected chi connectivity index (χ1v) is 11.0. The first-order chi connectivity index (χ1) is 14.2. The molecule has 29 heavy (non-hydrogen) atoms. The number of aryl methyl sites for hydroxylation is 2. The van der Waals surface area contributed by atoms with Gasteiger partial charge in [-0.15, -0.1) is 9.82 Å². The molecule has 0 saturated heterocycles. The molecule has 2 heterocycles. The van der Waals surface area contributed by atoms with Crippen LogP contribution in [0.5, 0.6) is 0 Å². The number of nitrogens with zero attached hydrogens (tertiary/aromatic N) is 4. The molecular weight excluding hydrogens is 386 g/mol. The van der Waals surface area contributed by atoms with Crippen LogP contribution < -0.4 is 10.5 Å². The largest absolute Gasteiger partial charge is 0.593 e. The summed E-state index contributed by atoms with van der Waals surface area (Å²) >= 11 is -1.22. The number of H-pyrrole nitrogens is 1. The van der Waals surface area contributed by atoms with Gasteiger partial charge in [-0.2, -0.15) is 0 Å². The van der Waals surface area contributed by atoms with E-state index < -0.39 is 11.4 Å². The minimum atomic E-state index is -1.22. The molecule has 9 heteroatoms. The van der Waals surface area contributed by atoms with E-state index in [-0.39, 0.29) is 0 Å². The Morgan fingerprint density at radius 1 is 1.14 bits per heavy atom. The summed E-state index contributed by atoms with van der Waals surface area (Å²) in [6, 6.07) is 9.80. The maximum atomic E-state index is 12.0. The number of nitrogens with one attached hydrogen (secondary N) is 2. The molecule has 3 aromatic rings. The minimum absolute atomic E-state index is 0.474. The zero-order valence-corrected chi connectivity index (χ0v) is 17.1. The monoisotopic (exact) mass is 413 g/mol. The molecule has 0 saturated carbocycles. The maximum Gasteiger partial charge on any atom is 0.197 e. The van der Waals surface area contributed by atoms with Gasteiger partial charge in [0.2, 0.25) is 0 Å². The van der Waals surface area contributed by atoms with E-state index in [9.17, 15) is 4.55 Å². The van der Waals surface area contributed by atoms with Gasteiger partial charge in [-0.05, 0) is 37.3 Å². The third-order valence-electron chi connectivity index (χ3n) is 4.37. The Bertz CT molecular complexity index is 878. The van der Waals surface area contributed by atoms with Crippen LogP contribution in [0.1, 0.15) is 36.2 Å². The van der Waals surface area contributed by atoms with Gasteiger partial charge in [-0.25, -0.2) is 4.98 Å². The van der Waals surface area contributed by atoms with Gasteiger partial charge in [0.05, 0.1) is 35.8 Å². The predicted molar refractivity (Wildman–Crippen MR) is 116 cm³/mol. The number of anilines is 1. The second-order valence-corrected chi connectivity index (χ2v) is 7.87. The smallest absolute Gasteiger partial charge is 0.197 e. The number of rotatable bonds is 12. The summed E-state index contributed by atoms with van der Waals surface area (Å²) in [6.45, 7) is 1.18. The van der Waals surface area contributed by atoms with Crippen LogP contribution in [0.25, 0.3) is 6.08 Å². The number of aromatic amines is 1. The Labute approximate surface area is 173 Å². The van der Waals surface area contributed by atoms with Crippen LogP contribution in [0, 0.1) is 0 Å². The predicted octanol–water partition coefficient (Wildman–Crippen LogP) is 2.46. The fraction of sp³-hybridized carbons (Fsp3) is 0.350. The fourth-order valence-corrected chi connectivity index (χ4v) is 3.54. The molecule has 1 unspecified atom stereocenters. The van der Waals surface area contributed by atoms with E-state index in [1.165, 1.54) is 0 Å². The number of hydrogen-bond acceptors (Lipinski definition) is 6. The third-order valence-corrected chi connectivity index (χ3v) is 5.24. The highest BCUT2D eigenvalue weighted by Gasteiger charge is 2.04.